The minimum atomic E-state index is -0.972. The summed E-state index contributed by atoms with van der Waals surface area (Å²) in [7, 11) is 1.51. The summed E-state index contributed by atoms with van der Waals surface area (Å²) in [5.41, 5.74) is 3.56. The summed E-state index contributed by atoms with van der Waals surface area (Å²) < 4.78 is 11.1. The predicted octanol–water partition coefficient (Wildman–Crippen LogP) is 3.23. The van der Waals surface area contributed by atoms with Crippen LogP contribution in [0.5, 0.6) is 5.75 Å². The van der Waals surface area contributed by atoms with Crippen LogP contribution in [-0.4, -0.2) is 84.5 Å². The molecule has 1 amide bonds. The lowest BCUT2D eigenvalue weighted by Gasteiger charge is -2.34. The van der Waals surface area contributed by atoms with Crippen LogP contribution in [0, 0.1) is 5.41 Å². The molecule has 0 bridgehead atoms. The number of Topliss-reactive ketones (excluding diaryl/α,β-unsaturated/α-hetero) is 1. The molecule has 4 rings (SSSR count). The van der Waals surface area contributed by atoms with Crippen LogP contribution in [0.25, 0.3) is 0 Å². The number of carboxylic acid groups (broad SMARTS) is 1. The fourth-order valence-corrected chi connectivity index (χ4v) is 5.10. The van der Waals surface area contributed by atoms with Gasteiger partial charge in [0.05, 0.1) is 19.3 Å². The number of benzene rings is 1. The lowest BCUT2D eigenvalue weighted by atomic mass is 9.85. The SMILES string of the molecule is CCOc1cc2c(nc1C(=O)NC)C(=N)N(CC(=O)c1cc(N3CCC(OCC(=O)O)CC3)cc(C(C)(C)C)c1)C2. The number of carboxylic acids is 1. The Hall–Kier alpha value is -3.99. The van der Waals surface area contributed by atoms with Crippen LogP contribution in [0.15, 0.2) is 24.3 Å². The van der Waals surface area contributed by atoms with Crippen LogP contribution >= 0.6 is 0 Å². The first-order valence-corrected chi connectivity index (χ1v) is 13.9. The Kier molecular flexibility index (Phi) is 8.96. The van der Waals surface area contributed by atoms with E-state index in [1.165, 1.54) is 7.05 Å². The van der Waals surface area contributed by atoms with Crippen LogP contribution < -0.4 is 15.0 Å². The third kappa shape index (κ3) is 6.84. The van der Waals surface area contributed by atoms with Gasteiger partial charge in [0, 0.05) is 43.5 Å². The van der Waals surface area contributed by atoms with Gasteiger partial charge in [0.2, 0.25) is 0 Å². The number of ether oxygens (including phenoxy) is 2. The van der Waals surface area contributed by atoms with Gasteiger partial charge in [-0.25, -0.2) is 9.78 Å². The number of pyridine rings is 1. The fourth-order valence-electron chi connectivity index (χ4n) is 5.10. The maximum Gasteiger partial charge on any atom is 0.329 e. The van der Waals surface area contributed by atoms with Gasteiger partial charge in [-0.05, 0) is 55.0 Å². The summed E-state index contributed by atoms with van der Waals surface area (Å²) in [5, 5.41) is 20.2. The highest BCUT2D eigenvalue weighted by Gasteiger charge is 2.31. The molecule has 2 aromatic rings. The van der Waals surface area contributed by atoms with Crippen molar-refractivity contribution in [1.82, 2.24) is 15.2 Å². The van der Waals surface area contributed by atoms with Crippen molar-refractivity contribution in [3.8, 4) is 5.75 Å². The lowest BCUT2D eigenvalue weighted by molar-refractivity contribution is -0.144. The molecule has 2 aliphatic heterocycles. The zero-order valence-electron chi connectivity index (χ0n) is 24.4. The number of hydrogen-bond acceptors (Lipinski definition) is 8. The second-order valence-electron chi connectivity index (χ2n) is 11.4. The summed E-state index contributed by atoms with van der Waals surface area (Å²) in [6, 6.07) is 7.68. The minimum Gasteiger partial charge on any atom is -0.491 e. The van der Waals surface area contributed by atoms with Gasteiger partial charge in [0.25, 0.3) is 5.91 Å². The first-order chi connectivity index (χ1) is 19.4. The van der Waals surface area contributed by atoms with E-state index in [2.05, 4.69) is 42.0 Å². The summed E-state index contributed by atoms with van der Waals surface area (Å²) in [6.45, 7) is 9.89. The summed E-state index contributed by atoms with van der Waals surface area (Å²) in [4.78, 5) is 45.2. The topological polar surface area (TPSA) is 145 Å². The van der Waals surface area contributed by atoms with Crippen LogP contribution in [0.3, 0.4) is 0 Å². The summed E-state index contributed by atoms with van der Waals surface area (Å²) in [6.07, 6.45) is 1.31. The molecule has 2 aliphatic rings. The Labute approximate surface area is 240 Å². The number of carbonyl (C=O) groups excluding carboxylic acids is 2. The Morgan fingerprint density at radius 2 is 1.85 bits per heavy atom. The molecule has 0 unspecified atom stereocenters. The highest BCUT2D eigenvalue weighted by molar-refractivity contribution is 6.05. The van der Waals surface area contributed by atoms with E-state index < -0.39 is 11.9 Å². The Balaban J connectivity index is 1.54. The monoisotopic (exact) mass is 565 g/mol. The second-order valence-corrected chi connectivity index (χ2v) is 11.4. The Morgan fingerprint density at radius 1 is 1.15 bits per heavy atom. The normalized spacial score (nSPS) is 15.6. The number of nitrogens with one attached hydrogen (secondary N) is 2. The number of amides is 1. The molecule has 1 aromatic heterocycles. The average Bonchev–Trinajstić information content (AvgIpc) is 3.24. The van der Waals surface area contributed by atoms with Gasteiger partial charge in [-0.2, -0.15) is 0 Å². The number of carbonyl (C=O) groups is 3. The number of piperidine rings is 1. The summed E-state index contributed by atoms with van der Waals surface area (Å²) in [5.74, 6) is -1.04. The van der Waals surface area contributed by atoms with Gasteiger partial charge in [-0.15, -0.1) is 0 Å². The van der Waals surface area contributed by atoms with E-state index in [1.807, 2.05) is 19.1 Å². The zero-order valence-corrected chi connectivity index (χ0v) is 24.4. The first kappa shape index (κ1) is 30.0. The third-order valence-corrected chi connectivity index (χ3v) is 7.40. The van der Waals surface area contributed by atoms with E-state index >= 15 is 0 Å². The minimum absolute atomic E-state index is 0.00733. The van der Waals surface area contributed by atoms with E-state index in [4.69, 9.17) is 20.0 Å². The van der Waals surface area contributed by atoms with Crippen molar-refractivity contribution >= 4 is 29.2 Å². The lowest BCUT2D eigenvalue weighted by Crippen LogP contribution is -2.38. The Morgan fingerprint density at radius 3 is 2.46 bits per heavy atom. The maximum absolute atomic E-state index is 13.7. The molecule has 1 fully saturated rings. The molecule has 41 heavy (non-hydrogen) atoms. The van der Waals surface area contributed by atoms with Crippen molar-refractivity contribution in [3.63, 3.8) is 0 Å². The molecule has 0 radical (unpaired) electrons. The largest absolute Gasteiger partial charge is 0.491 e. The smallest absolute Gasteiger partial charge is 0.329 e. The van der Waals surface area contributed by atoms with Crippen molar-refractivity contribution in [2.24, 2.45) is 0 Å². The van der Waals surface area contributed by atoms with Gasteiger partial charge in [-0.1, -0.05) is 20.8 Å². The number of amidine groups is 1. The zero-order chi connectivity index (χ0) is 29.9. The number of aliphatic carboxylic acids is 1. The molecule has 0 spiro atoms. The maximum atomic E-state index is 13.7. The van der Waals surface area contributed by atoms with E-state index in [0.717, 1.165) is 16.8 Å². The van der Waals surface area contributed by atoms with Gasteiger partial charge in [0.15, 0.2) is 17.2 Å². The van der Waals surface area contributed by atoms with Crippen LogP contribution in [0.1, 0.15) is 78.2 Å². The number of aromatic nitrogens is 1. The molecule has 3 N–H and O–H groups in total. The average molecular weight is 566 g/mol. The van der Waals surface area contributed by atoms with Crippen molar-refractivity contribution in [2.45, 2.75) is 58.6 Å². The number of ketones is 1. The molecule has 11 heteroatoms. The molecule has 3 heterocycles. The molecular formula is C30H39N5O6. The standard InChI is InChI=1S/C30H39N5O6/c1-6-40-24-13-19-15-35(28(31)26(19)33-27(24)29(39)32-5)16-23(36)18-11-20(30(2,3)4)14-21(12-18)34-9-7-22(8-10-34)41-17-25(37)38/h11-14,22,31H,6-10,15-17H2,1-5H3,(H,32,39)(H,37,38). The predicted molar refractivity (Wildman–Crippen MR) is 154 cm³/mol. The number of fused-ring (bicyclic) bond motifs is 1. The van der Waals surface area contributed by atoms with Gasteiger partial charge < -0.3 is 29.7 Å². The molecule has 0 saturated carbocycles. The molecular weight excluding hydrogens is 526 g/mol. The molecule has 1 saturated heterocycles. The van der Waals surface area contributed by atoms with Crippen molar-refractivity contribution < 1.29 is 29.0 Å². The first-order valence-electron chi connectivity index (χ1n) is 13.9. The number of rotatable bonds is 10. The number of anilines is 1. The second kappa shape index (κ2) is 12.3. The highest BCUT2D eigenvalue weighted by Crippen LogP contribution is 2.32. The highest BCUT2D eigenvalue weighted by atomic mass is 16.5. The quantitative estimate of drug-likeness (QED) is 0.370. The van der Waals surface area contributed by atoms with E-state index in [-0.39, 0.29) is 42.0 Å². The van der Waals surface area contributed by atoms with E-state index in [0.29, 0.717) is 56.1 Å². The van der Waals surface area contributed by atoms with Crippen molar-refractivity contribution in [2.75, 3.05) is 44.8 Å². The third-order valence-electron chi connectivity index (χ3n) is 7.40. The summed E-state index contributed by atoms with van der Waals surface area (Å²) >= 11 is 0. The van der Waals surface area contributed by atoms with E-state index in [9.17, 15) is 14.4 Å². The van der Waals surface area contributed by atoms with Gasteiger partial charge in [0.1, 0.15) is 18.1 Å². The van der Waals surface area contributed by atoms with Crippen molar-refractivity contribution in [1.29, 1.82) is 5.41 Å². The number of hydrogen-bond donors (Lipinski definition) is 3. The number of nitrogens with zero attached hydrogens (tertiary/aromatic N) is 3. The van der Waals surface area contributed by atoms with Crippen LogP contribution in [-0.2, 0) is 21.5 Å². The molecule has 0 atom stereocenters. The Bertz CT molecular complexity index is 1340. The molecule has 0 aliphatic carbocycles. The van der Waals surface area contributed by atoms with Crippen molar-refractivity contribution in [3.05, 3.63) is 52.3 Å². The molecule has 1 aromatic carbocycles. The van der Waals surface area contributed by atoms with Gasteiger partial charge in [-0.3, -0.25) is 15.0 Å². The molecule has 11 nitrogen and oxygen atoms in total. The van der Waals surface area contributed by atoms with Crippen LogP contribution in [0.2, 0.25) is 0 Å². The van der Waals surface area contributed by atoms with E-state index in [1.54, 1.807) is 11.0 Å². The molecule has 220 valence electrons. The van der Waals surface area contributed by atoms with Crippen LogP contribution in [0.4, 0.5) is 5.69 Å². The van der Waals surface area contributed by atoms with Gasteiger partial charge >= 0.3 is 5.97 Å². The fraction of sp³-hybridized carbons (Fsp3) is 0.500.